The molecule has 182 valence electrons. The molecule has 1 unspecified atom stereocenters. The van der Waals surface area contributed by atoms with E-state index >= 15 is 0 Å². The molecule has 32 heavy (non-hydrogen) atoms. The lowest BCUT2D eigenvalue weighted by Gasteiger charge is -2.60. The van der Waals surface area contributed by atoms with E-state index in [1.807, 2.05) is 0 Å². The van der Waals surface area contributed by atoms with E-state index in [1.165, 1.54) is 71.1 Å². The molecule has 3 nitrogen and oxygen atoms in total. The lowest BCUT2D eigenvalue weighted by molar-refractivity contribution is -0.141. The fraction of sp³-hybridized carbons (Fsp3) is 0.931. The van der Waals surface area contributed by atoms with Gasteiger partial charge in [-0.2, -0.15) is 0 Å². The topological polar surface area (TPSA) is 38.7 Å². The van der Waals surface area contributed by atoms with Gasteiger partial charge in [0.2, 0.25) is 0 Å². The van der Waals surface area contributed by atoms with E-state index in [1.54, 1.807) is 0 Å². The Morgan fingerprint density at radius 2 is 1.75 bits per heavy atom. The van der Waals surface area contributed by atoms with Crippen molar-refractivity contribution in [2.75, 3.05) is 0 Å². The molecular weight excluding hydrogens is 394 g/mol. The second kappa shape index (κ2) is 9.41. The van der Waals surface area contributed by atoms with Crippen LogP contribution in [0.5, 0.6) is 0 Å². The predicted molar refractivity (Wildman–Crippen MR) is 132 cm³/mol. The van der Waals surface area contributed by atoms with Crippen molar-refractivity contribution in [2.24, 2.45) is 57.4 Å². The Morgan fingerprint density at radius 3 is 2.47 bits per heavy atom. The van der Waals surface area contributed by atoms with Crippen LogP contribution in [0, 0.1) is 52.3 Å². The summed E-state index contributed by atoms with van der Waals surface area (Å²) < 4.78 is 0. The second-order valence-electron chi connectivity index (χ2n) is 13.1. The number of hydrogen-bond acceptors (Lipinski definition) is 3. The molecule has 4 aliphatic carbocycles. The summed E-state index contributed by atoms with van der Waals surface area (Å²) in [4.78, 5) is 16.2. The second-order valence-corrected chi connectivity index (χ2v) is 13.1. The summed E-state index contributed by atoms with van der Waals surface area (Å²) in [6.07, 6.45) is 16.2. The molecule has 3 heteroatoms. The molecule has 4 fully saturated rings. The first kappa shape index (κ1) is 24.3. The van der Waals surface area contributed by atoms with Gasteiger partial charge in [0.05, 0.1) is 5.71 Å². The molecule has 0 amide bonds. The molecule has 4 saturated carbocycles. The number of rotatable bonds is 6. The first-order valence-electron chi connectivity index (χ1n) is 13.9. The Labute approximate surface area is 197 Å². The molecule has 0 saturated heterocycles. The van der Waals surface area contributed by atoms with Gasteiger partial charge in [-0.05, 0) is 110 Å². The smallest absolute Gasteiger partial charge is 0.319 e. The van der Waals surface area contributed by atoms with E-state index in [0.29, 0.717) is 10.8 Å². The number of oxime groups is 1. The first-order chi connectivity index (χ1) is 15.1. The number of carbonyl (C=O) groups is 1. The Hall–Kier alpha value is -0.860. The summed E-state index contributed by atoms with van der Waals surface area (Å²) in [6.45, 7) is 14.1. The van der Waals surface area contributed by atoms with Crippen molar-refractivity contribution in [1.82, 2.24) is 0 Å². The molecule has 0 spiro atoms. The summed E-state index contributed by atoms with van der Waals surface area (Å²) in [5.41, 5.74) is 2.16. The Morgan fingerprint density at radius 1 is 1.00 bits per heavy atom. The van der Waals surface area contributed by atoms with Gasteiger partial charge in [0.25, 0.3) is 0 Å². The quantitative estimate of drug-likeness (QED) is 0.308. The fourth-order valence-corrected chi connectivity index (χ4v) is 9.30. The molecular formula is C29H49NO2. The molecule has 4 aliphatic rings. The van der Waals surface area contributed by atoms with Crippen LogP contribution in [0.25, 0.3) is 0 Å². The van der Waals surface area contributed by atoms with Crippen molar-refractivity contribution in [2.45, 2.75) is 119 Å². The molecule has 0 N–H and O–H groups in total. The van der Waals surface area contributed by atoms with E-state index in [4.69, 9.17) is 4.84 Å². The van der Waals surface area contributed by atoms with Gasteiger partial charge in [-0.3, -0.25) is 0 Å². The van der Waals surface area contributed by atoms with Gasteiger partial charge in [-0.25, -0.2) is 4.79 Å². The summed E-state index contributed by atoms with van der Waals surface area (Å²) in [6, 6.07) is 0. The standard InChI is InChI=1S/C29H49NO2/c1-19(2)8-7-9-20(3)25-12-13-26-24-11-10-22-18-23(30-32-21(4)31)14-16-28(22,5)27(24)15-17-29(25,26)6/h19-20,22,24-27H,7-18H2,1-6H3/b30-23+/t20-,22?,24+,25-,26+,27+,28+,29-/m1/s1. The highest BCUT2D eigenvalue weighted by Gasteiger charge is 2.60. The van der Waals surface area contributed by atoms with Crippen molar-refractivity contribution in [3.8, 4) is 0 Å². The maximum atomic E-state index is 11.2. The third-order valence-corrected chi connectivity index (χ3v) is 11.0. The summed E-state index contributed by atoms with van der Waals surface area (Å²) in [7, 11) is 0. The van der Waals surface area contributed by atoms with E-state index in [-0.39, 0.29) is 5.97 Å². The van der Waals surface area contributed by atoms with Crippen molar-refractivity contribution in [1.29, 1.82) is 0 Å². The third kappa shape index (κ3) is 4.43. The van der Waals surface area contributed by atoms with Gasteiger partial charge >= 0.3 is 5.97 Å². The van der Waals surface area contributed by atoms with Gasteiger partial charge < -0.3 is 4.84 Å². The SMILES string of the molecule is CC(=O)O/N=C1\CC[C@@]2(C)C(CC[C@H]3[C@@H]4CC[C@H]([C@H](C)CCCC(C)C)[C@@]4(C)CC[C@@H]32)C1. The Bertz CT molecular complexity index is 714. The normalized spacial score (nSPS) is 43.5. The number of fused-ring (bicyclic) bond motifs is 5. The van der Waals surface area contributed by atoms with E-state index in [0.717, 1.165) is 60.0 Å². The molecule has 0 aromatic carbocycles. The molecule has 0 radical (unpaired) electrons. The highest BCUT2D eigenvalue weighted by Crippen LogP contribution is 2.68. The van der Waals surface area contributed by atoms with Gasteiger partial charge in [-0.1, -0.05) is 59.0 Å². The van der Waals surface area contributed by atoms with Crippen LogP contribution in [0.15, 0.2) is 5.16 Å². The zero-order chi connectivity index (χ0) is 23.1. The van der Waals surface area contributed by atoms with E-state index in [9.17, 15) is 4.79 Å². The van der Waals surface area contributed by atoms with E-state index < -0.39 is 0 Å². The van der Waals surface area contributed by atoms with Crippen LogP contribution in [0.3, 0.4) is 0 Å². The summed E-state index contributed by atoms with van der Waals surface area (Å²) in [5.74, 6) is 5.89. The van der Waals surface area contributed by atoms with Gasteiger partial charge in [0.1, 0.15) is 0 Å². The Kier molecular flexibility index (Phi) is 7.14. The van der Waals surface area contributed by atoms with E-state index in [2.05, 4.69) is 39.8 Å². The average molecular weight is 444 g/mol. The number of hydrogen-bond donors (Lipinski definition) is 0. The van der Waals surface area contributed by atoms with Crippen LogP contribution < -0.4 is 0 Å². The van der Waals surface area contributed by atoms with Crippen LogP contribution in [0.4, 0.5) is 0 Å². The van der Waals surface area contributed by atoms with Crippen molar-refractivity contribution in [3.05, 3.63) is 0 Å². The molecule has 4 rings (SSSR count). The predicted octanol–water partition coefficient (Wildman–Crippen LogP) is 8.03. The lowest BCUT2D eigenvalue weighted by Crippen LogP contribution is -2.53. The van der Waals surface area contributed by atoms with Gasteiger partial charge in [0, 0.05) is 6.92 Å². The van der Waals surface area contributed by atoms with Crippen molar-refractivity contribution < 1.29 is 9.63 Å². The van der Waals surface area contributed by atoms with Gasteiger partial charge in [0.15, 0.2) is 0 Å². The molecule has 0 heterocycles. The highest BCUT2D eigenvalue weighted by atomic mass is 16.7. The molecule has 8 atom stereocenters. The van der Waals surface area contributed by atoms with Crippen LogP contribution >= 0.6 is 0 Å². The molecule has 0 aliphatic heterocycles. The third-order valence-electron chi connectivity index (χ3n) is 11.0. The Balaban J connectivity index is 1.43. The molecule has 0 aromatic heterocycles. The minimum Gasteiger partial charge on any atom is -0.319 e. The summed E-state index contributed by atoms with van der Waals surface area (Å²) >= 11 is 0. The van der Waals surface area contributed by atoms with Crippen molar-refractivity contribution >= 4 is 11.7 Å². The highest BCUT2D eigenvalue weighted by molar-refractivity contribution is 5.85. The fourth-order valence-electron chi connectivity index (χ4n) is 9.30. The van der Waals surface area contributed by atoms with Crippen LogP contribution in [-0.4, -0.2) is 11.7 Å². The molecule has 0 bridgehead atoms. The maximum absolute atomic E-state index is 11.2. The van der Waals surface area contributed by atoms with Crippen LogP contribution in [0.2, 0.25) is 0 Å². The van der Waals surface area contributed by atoms with Crippen LogP contribution in [0.1, 0.15) is 119 Å². The zero-order valence-corrected chi connectivity index (χ0v) is 21.8. The average Bonchev–Trinajstić information content (AvgIpc) is 3.09. The lowest BCUT2D eigenvalue weighted by atomic mass is 9.44. The number of nitrogens with zero attached hydrogens (tertiary/aromatic N) is 1. The van der Waals surface area contributed by atoms with Gasteiger partial charge in [-0.15, -0.1) is 0 Å². The van der Waals surface area contributed by atoms with Crippen molar-refractivity contribution in [3.63, 3.8) is 0 Å². The zero-order valence-electron chi connectivity index (χ0n) is 21.8. The summed E-state index contributed by atoms with van der Waals surface area (Å²) in [5, 5.41) is 4.20. The minimum absolute atomic E-state index is 0.296. The maximum Gasteiger partial charge on any atom is 0.331 e. The number of carbonyl (C=O) groups excluding carboxylic acids is 1. The largest absolute Gasteiger partial charge is 0.331 e. The monoisotopic (exact) mass is 443 g/mol. The first-order valence-corrected chi connectivity index (χ1v) is 13.9. The van der Waals surface area contributed by atoms with Crippen LogP contribution in [-0.2, 0) is 9.63 Å². The molecule has 0 aromatic rings. The minimum atomic E-state index is -0.296.